The van der Waals surface area contributed by atoms with Crippen LogP contribution in [0.3, 0.4) is 0 Å². The van der Waals surface area contributed by atoms with Gasteiger partial charge in [-0.05, 0) is 24.6 Å². The maximum absolute atomic E-state index is 11.3. The molecule has 0 unspecified atom stereocenters. The largest absolute Gasteiger partial charge is 0.382 e. The van der Waals surface area contributed by atoms with E-state index in [2.05, 4.69) is 25.5 Å². The summed E-state index contributed by atoms with van der Waals surface area (Å²) in [5, 5.41) is 16.1. The topological polar surface area (TPSA) is 138 Å². The second-order valence-corrected chi connectivity index (χ2v) is 3.80. The first-order valence-corrected chi connectivity index (χ1v) is 5.44. The average molecular weight is 259 g/mol. The average Bonchev–Trinajstić information content (AvgIpc) is 2.75. The molecule has 1 heterocycles. The van der Waals surface area contributed by atoms with E-state index < -0.39 is 5.56 Å². The summed E-state index contributed by atoms with van der Waals surface area (Å²) in [6.07, 6.45) is 0. The van der Waals surface area contributed by atoms with Gasteiger partial charge in [0.25, 0.3) is 5.56 Å². The lowest BCUT2D eigenvalue weighted by Gasteiger charge is -1.98. The molecule has 0 saturated heterocycles. The predicted octanol–water partition coefficient (Wildman–Crippen LogP) is 1.38. The van der Waals surface area contributed by atoms with Crippen LogP contribution >= 0.6 is 0 Å². The van der Waals surface area contributed by atoms with Crippen LogP contribution in [0.5, 0.6) is 0 Å². The van der Waals surface area contributed by atoms with Crippen molar-refractivity contribution in [2.45, 2.75) is 6.92 Å². The van der Waals surface area contributed by atoms with Gasteiger partial charge in [-0.3, -0.25) is 15.0 Å². The van der Waals surface area contributed by atoms with Gasteiger partial charge >= 0.3 is 0 Å². The molecular formula is C11H13N7O. The van der Waals surface area contributed by atoms with Gasteiger partial charge in [-0.1, -0.05) is 12.1 Å². The van der Waals surface area contributed by atoms with E-state index in [1.807, 2.05) is 12.1 Å². The van der Waals surface area contributed by atoms with Gasteiger partial charge in [-0.15, -0.1) is 5.11 Å². The molecule has 0 bridgehead atoms. The van der Waals surface area contributed by atoms with Crippen molar-refractivity contribution in [1.29, 1.82) is 0 Å². The van der Waals surface area contributed by atoms with E-state index in [0.717, 1.165) is 11.3 Å². The molecular weight excluding hydrogens is 246 g/mol. The highest BCUT2D eigenvalue weighted by molar-refractivity contribution is 5.98. The van der Waals surface area contributed by atoms with Crippen LogP contribution in [0.1, 0.15) is 12.5 Å². The highest BCUT2D eigenvalue weighted by Gasteiger charge is 2.04. The molecule has 0 spiro atoms. The minimum atomic E-state index is -0.413. The number of H-pyrrole nitrogens is 2. The molecule has 0 aliphatic heterocycles. The second kappa shape index (κ2) is 5.17. The maximum atomic E-state index is 11.3. The Labute approximate surface area is 108 Å². The Balaban J connectivity index is 2.23. The quantitative estimate of drug-likeness (QED) is 0.286. The summed E-state index contributed by atoms with van der Waals surface area (Å²) in [6, 6.07) is 7.10. The maximum Gasteiger partial charge on any atom is 0.293 e. The van der Waals surface area contributed by atoms with Gasteiger partial charge < -0.3 is 11.6 Å². The fourth-order valence-corrected chi connectivity index (χ4v) is 1.42. The van der Waals surface area contributed by atoms with Crippen LogP contribution in [0.25, 0.3) is 0 Å². The van der Waals surface area contributed by atoms with Crippen LogP contribution in [-0.4, -0.2) is 15.9 Å². The molecule has 98 valence electrons. The third kappa shape index (κ3) is 2.68. The van der Waals surface area contributed by atoms with E-state index in [1.54, 1.807) is 19.1 Å². The summed E-state index contributed by atoms with van der Waals surface area (Å²) in [6.45, 7) is 1.80. The first-order chi connectivity index (χ1) is 9.11. The minimum absolute atomic E-state index is 0.0591. The molecule has 1 aromatic carbocycles. The standard InChI is InChI=1S/C11H13N7O/c1-6(14-13)7-2-4-8(5-3-7)15-16-9-10(12)17-18-11(9)19/h2-5H,13H2,1H3,(H4,12,17,18,19). The van der Waals surface area contributed by atoms with Gasteiger partial charge in [0.1, 0.15) is 5.82 Å². The molecule has 6 N–H and O–H groups in total. The number of nitrogens with zero attached hydrogens (tertiary/aromatic N) is 3. The highest BCUT2D eigenvalue weighted by atomic mass is 16.1. The van der Waals surface area contributed by atoms with Gasteiger partial charge in [0.15, 0.2) is 5.69 Å². The Morgan fingerprint density at radius 3 is 2.37 bits per heavy atom. The summed E-state index contributed by atoms with van der Waals surface area (Å²) >= 11 is 0. The zero-order valence-corrected chi connectivity index (χ0v) is 10.2. The van der Waals surface area contributed by atoms with Crippen LogP contribution in [0.15, 0.2) is 44.4 Å². The molecule has 1 aromatic heterocycles. The molecule has 0 aliphatic carbocycles. The number of aromatic amines is 2. The Morgan fingerprint density at radius 2 is 1.84 bits per heavy atom. The lowest BCUT2D eigenvalue weighted by Crippen LogP contribution is -1.97. The van der Waals surface area contributed by atoms with Crippen molar-refractivity contribution in [3.63, 3.8) is 0 Å². The summed E-state index contributed by atoms with van der Waals surface area (Å²) in [4.78, 5) is 11.3. The van der Waals surface area contributed by atoms with Gasteiger partial charge in [0.2, 0.25) is 0 Å². The Hall–Kier alpha value is -2.90. The van der Waals surface area contributed by atoms with E-state index >= 15 is 0 Å². The van der Waals surface area contributed by atoms with Crippen LogP contribution in [0.2, 0.25) is 0 Å². The first-order valence-electron chi connectivity index (χ1n) is 5.44. The minimum Gasteiger partial charge on any atom is -0.382 e. The van der Waals surface area contributed by atoms with Crippen molar-refractivity contribution in [2.24, 2.45) is 21.2 Å². The van der Waals surface area contributed by atoms with Gasteiger partial charge in [-0.2, -0.15) is 10.2 Å². The molecule has 2 aromatic rings. The van der Waals surface area contributed by atoms with Crippen LogP contribution in [0.4, 0.5) is 17.2 Å². The number of hydrogen-bond donors (Lipinski definition) is 4. The lowest BCUT2D eigenvalue weighted by molar-refractivity contribution is 1.06. The lowest BCUT2D eigenvalue weighted by atomic mass is 10.1. The van der Waals surface area contributed by atoms with E-state index in [1.165, 1.54) is 0 Å². The van der Waals surface area contributed by atoms with Gasteiger partial charge in [-0.25, -0.2) is 0 Å². The van der Waals surface area contributed by atoms with E-state index in [9.17, 15) is 4.79 Å². The van der Waals surface area contributed by atoms with Crippen molar-refractivity contribution in [3.8, 4) is 0 Å². The highest BCUT2D eigenvalue weighted by Crippen LogP contribution is 2.19. The predicted molar refractivity (Wildman–Crippen MR) is 72.8 cm³/mol. The summed E-state index contributed by atoms with van der Waals surface area (Å²) in [7, 11) is 0. The fraction of sp³-hybridized carbons (Fsp3) is 0.0909. The summed E-state index contributed by atoms with van der Waals surface area (Å²) in [5.41, 5.74) is 7.36. The molecule has 19 heavy (non-hydrogen) atoms. The van der Waals surface area contributed by atoms with E-state index in [-0.39, 0.29) is 11.5 Å². The second-order valence-electron chi connectivity index (χ2n) is 3.80. The zero-order valence-electron chi connectivity index (χ0n) is 10.2. The molecule has 0 saturated carbocycles. The van der Waals surface area contributed by atoms with Gasteiger partial charge in [0.05, 0.1) is 11.4 Å². The molecule has 2 rings (SSSR count). The number of aromatic nitrogens is 2. The monoisotopic (exact) mass is 259 g/mol. The van der Waals surface area contributed by atoms with Crippen molar-refractivity contribution in [2.75, 3.05) is 5.73 Å². The zero-order chi connectivity index (χ0) is 13.8. The summed E-state index contributed by atoms with van der Waals surface area (Å²) < 4.78 is 0. The third-order valence-electron chi connectivity index (χ3n) is 2.53. The number of nitrogen functional groups attached to an aromatic ring is 1. The molecule has 0 amide bonds. The smallest absolute Gasteiger partial charge is 0.293 e. The number of nitrogens with one attached hydrogen (secondary N) is 2. The van der Waals surface area contributed by atoms with Crippen LogP contribution in [0, 0.1) is 0 Å². The summed E-state index contributed by atoms with van der Waals surface area (Å²) in [5.74, 6) is 5.34. The fourth-order valence-electron chi connectivity index (χ4n) is 1.42. The number of benzene rings is 1. The molecule has 8 nitrogen and oxygen atoms in total. The van der Waals surface area contributed by atoms with Crippen LogP contribution in [-0.2, 0) is 0 Å². The van der Waals surface area contributed by atoms with Crippen molar-refractivity contribution >= 4 is 22.9 Å². The normalized spacial score (nSPS) is 12.2. The molecule has 0 aliphatic rings. The van der Waals surface area contributed by atoms with Crippen molar-refractivity contribution in [3.05, 3.63) is 40.2 Å². The molecule has 0 radical (unpaired) electrons. The molecule has 0 atom stereocenters. The Bertz CT molecular complexity index is 678. The van der Waals surface area contributed by atoms with E-state index in [4.69, 9.17) is 11.6 Å². The number of anilines is 1. The van der Waals surface area contributed by atoms with Crippen molar-refractivity contribution < 1.29 is 0 Å². The number of hydrazone groups is 1. The number of hydrogen-bond acceptors (Lipinski definition) is 6. The van der Waals surface area contributed by atoms with Crippen LogP contribution < -0.4 is 17.1 Å². The Morgan fingerprint density at radius 1 is 1.16 bits per heavy atom. The number of azo groups is 1. The molecule has 0 fully saturated rings. The van der Waals surface area contributed by atoms with Crippen molar-refractivity contribution in [1.82, 2.24) is 10.2 Å². The van der Waals surface area contributed by atoms with Gasteiger partial charge in [0, 0.05) is 0 Å². The molecule has 8 heteroatoms. The Kier molecular flexibility index (Phi) is 3.42. The number of nitrogens with two attached hydrogens (primary N) is 2. The number of rotatable bonds is 3. The first kappa shape index (κ1) is 12.6. The third-order valence-corrected chi connectivity index (χ3v) is 2.53. The van der Waals surface area contributed by atoms with E-state index in [0.29, 0.717) is 5.69 Å². The SMILES string of the molecule is CC(=NN)c1ccc(N=Nc2c(N)[nH][nH]c2=O)cc1.